The van der Waals surface area contributed by atoms with Crippen LogP contribution in [0.5, 0.6) is 0 Å². The van der Waals surface area contributed by atoms with Crippen LogP contribution in [0.3, 0.4) is 0 Å². The Kier molecular flexibility index (Phi) is 6.96. The molecule has 0 fully saturated rings. The molecule has 0 saturated heterocycles. The van der Waals surface area contributed by atoms with Gasteiger partial charge in [0.2, 0.25) is 0 Å². The van der Waals surface area contributed by atoms with Crippen molar-refractivity contribution in [3.8, 4) is 0 Å². The largest absolute Gasteiger partial charge is 0.326 e. The summed E-state index contributed by atoms with van der Waals surface area (Å²) >= 11 is 1.70. The van der Waals surface area contributed by atoms with E-state index in [0.29, 0.717) is 11.3 Å². The number of anilines is 1. The highest BCUT2D eigenvalue weighted by Crippen LogP contribution is 2.23. The molecule has 0 aliphatic heterocycles. The number of rotatable bonds is 8. The highest BCUT2D eigenvalue weighted by atomic mass is 32.1. The van der Waals surface area contributed by atoms with Gasteiger partial charge in [0.1, 0.15) is 6.04 Å². The van der Waals surface area contributed by atoms with E-state index in [-0.39, 0.29) is 23.8 Å². The Bertz CT molecular complexity index is 965. The van der Waals surface area contributed by atoms with E-state index >= 15 is 0 Å². The first-order valence-electron chi connectivity index (χ1n) is 9.87. The van der Waals surface area contributed by atoms with Crippen molar-refractivity contribution in [3.05, 3.63) is 87.6 Å². The van der Waals surface area contributed by atoms with E-state index in [1.54, 1.807) is 35.6 Å². The second-order valence-corrected chi connectivity index (χ2v) is 8.17. The van der Waals surface area contributed by atoms with E-state index in [1.807, 2.05) is 13.0 Å². The van der Waals surface area contributed by atoms with Crippen LogP contribution < -0.4 is 10.6 Å². The van der Waals surface area contributed by atoms with Crippen molar-refractivity contribution in [3.63, 3.8) is 0 Å². The molecule has 0 bridgehead atoms. The topological polar surface area (TPSA) is 62.8 Å². The standard InChI is InChI=1S/C24H26N2O2S/c1-4-18-10-12-19(13-11-18)23(22-9-6-14-29-22)25-16(2)24(28)26-21-8-5-7-20(15-21)17(3)27/h5-16,23,25H,4H2,1-3H3,(H,26,28)/p+1/t16-,23-/m0/s1. The van der Waals surface area contributed by atoms with E-state index in [0.717, 1.165) is 6.42 Å². The lowest BCUT2D eigenvalue weighted by molar-refractivity contribution is -0.703. The fourth-order valence-corrected chi connectivity index (χ4v) is 4.08. The number of nitrogens with two attached hydrogens (primary N) is 1. The van der Waals surface area contributed by atoms with Crippen LogP contribution in [-0.2, 0) is 11.2 Å². The predicted molar refractivity (Wildman–Crippen MR) is 118 cm³/mol. The van der Waals surface area contributed by atoms with Crippen LogP contribution >= 0.6 is 11.3 Å². The third-order valence-electron chi connectivity index (χ3n) is 5.03. The zero-order valence-electron chi connectivity index (χ0n) is 17.0. The SMILES string of the molecule is CCc1ccc([C@H]([NH2+][C@@H](C)C(=O)Nc2cccc(C(C)=O)c2)c2cccs2)cc1. The summed E-state index contributed by atoms with van der Waals surface area (Å²) < 4.78 is 0. The second kappa shape index (κ2) is 9.63. The fourth-order valence-electron chi connectivity index (χ4n) is 3.25. The van der Waals surface area contributed by atoms with Crippen LogP contribution in [0.25, 0.3) is 0 Å². The quantitative estimate of drug-likeness (QED) is 0.550. The minimum absolute atomic E-state index is 0.0194. The minimum atomic E-state index is -0.297. The van der Waals surface area contributed by atoms with Crippen molar-refractivity contribution in [2.24, 2.45) is 0 Å². The molecule has 1 amide bonds. The molecule has 29 heavy (non-hydrogen) atoms. The number of quaternary nitrogens is 1. The van der Waals surface area contributed by atoms with Crippen molar-refractivity contribution in [2.75, 3.05) is 5.32 Å². The van der Waals surface area contributed by atoms with Gasteiger partial charge in [-0.3, -0.25) is 9.59 Å². The van der Waals surface area contributed by atoms with Gasteiger partial charge < -0.3 is 10.6 Å². The molecule has 0 aliphatic rings. The summed E-state index contributed by atoms with van der Waals surface area (Å²) in [6.07, 6.45) is 1.01. The van der Waals surface area contributed by atoms with Gasteiger partial charge in [-0.1, -0.05) is 49.4 Å². The van der Waals surface area contributed by atoms with E-state index in [1.165, 1.54) is 22.9 Å². The third-order valence-corrected chi connectivity index (χ3v) is 5.98. The molecule has 0 radical (unpaired) electrons. The van der Waals surface area contributed by atoms with Crippen molar-refractivity contribution >= 4 is 28.7 Å². The number of aryl methyl sites for hydroxylation is 1. The Hall–Kier alpha value is -2.76. The van der Waals surface area contributed by atoms with E-state index in [4.69, 9.17) is 0 Å². The van der Waals surface area contributed by atoms with Crippen LogP contribution in [-0.4, -0.2) is 17.7 Å². The highest BCUT2D eigenvalue weighted by Gasteiger charge is 2.25. The molecule has 2 atom stereocenters. The molecule has 2 aromatic carbocycles. The smallest absolute Gasteiger partial charge is 0.282 e. The second-order valence-electron chi connectivity index (χ2n) is 7.20. The van der Waals surface area contributed by atoms with Gasteiger partial charge in [0.05, 0.1) is 4.88 Å². The van der Waals surface area contributed by atoms with Crippen LogP contribution in [0.15, 0.2) is 66.0 Å². The third kappa shape index (κ3) is 5.40. The Balaban J connectivity index is 1.75. The molecule has 4 nitrogen and oxygen atoms in total. The lowest BCUT2D eigenvalue weighted by atomic mass is 10.0. The number of hydrogen-bond acceptors (Lipinski definition) is 3. The number of amides is 1. The molecule has 0 aliphatic carbocycles. The molecule has 1 aromatic heterocycles. The zero-order chi connectivity index (χ0) is 20.8. The first kappa shape index (κ1) is 21.0. The van der Waals surface area contributed by atoms with Crippen LogP contribution in [0.2, 0.25) is 0 Å². The maximum atomic E-state index is 12.8. The zero-order valence-corrected chi connectivity index (χ0v) is 17.8. The van der Waals surface area contributed by atoms with Gasteiger partial charge in [-0.15, -0.1) is 11.3 Å². The molecule has 0 unspecified atom stereocenters. The molecule has 5 heteroatoms. The van der Waals surface area contributed by atoms with Gasteiger partial charge in [0.25, 0.3) is 5.91 Å². The number of ketones is 1. The molecule has 150 valence electrons. The number of carbonyl (C=O) groups is 2. The Morgan fingerprint density at radius 1 is 1.07 bits per heavy atom. The number of benzene rings is 2. The average molecular weight is 408 g/mol. The summed E-state index contributed by atoms with van der Waals surface area (Å²) in [5.41, 5.74) is 3.72. The monoisotopic (exact) mass is 407 g/mol. The number of Topliss-reactive ketones (excluding diaryl/α,β-unsaturated/α-hetero) is 1. The summed E-state index contributed by atoms with van der Waals surface area (Å²) in [5.74, 6) is -0.105. The van der Waals surface area contributed by atoms with Crippen LogP contribution in [0.4, 0.5) is 5.69 Å². The van der Waals surface area contributed by atoms with Gasteiger partial charge in [-0.2, -0.15) is 0 Å². The van der Waals surface area contributed by atoms with Crippen molar-refractivity contribution in [2.45, 2.75) is 39.3 Å². The average Bonchev–Trinajstić information content (AvgIpc) is 3.26. The maximum Gasteiger partial charge on any atom is 0.282 e. The lowest BCUT2D eigenvalue weighted by Gasteiger charge is -2.20. The van der Waals surface area contributed by atoms with Gasteiger partial charge in [-0.05, 0) is 49.4 Å². The van der Waals surface area contributed by atoms with Gasteiger partial charge in [0.15, 0.2) is 11.8 Å². The molecule has 3 aromatic rings. The Morgan fingerprint density at radius 3 is 2.45 bits per heavy atom. The Labute approximate surface area is 176 Å². The molecular weight excluding hydrogens is 380 g/mol. The maximum absolute atomic E-state index is 12.8. The number of thiophene rings is 1. The van der Waals surface area contributed by atoms with Crippen molar-refractivity contribution in [1.82, 2.24) is 0 Å². The number of hydrogen-bond donors (Lipinski definition) is 2. The fraction of sp³-hybridized carbons (Fsp3) is 0.250. The van der Waals surface area contributed by atoms with Crippen molar-refractivity contribution < 1.29 is 14.9 Å². The van der Waals surface area contributed by atoms with Gasteiger partial charge >= 0.3 is 0 Å². The van der Waals surface area contributed by atoms with E-state index in [2.05, 4.69) is 53.3 Å². The lowest BCUT2D eigenvalue weighted by Crippen LogP contribution is -2.92. The van der Waals surface area contributed by atoms with Crippen LogP contribution in [0, 0.1) is 0 Å². The predicted octanol–water partition coefficient (Wildman–Crippen LogP) is 4.19. The van der Waals surface area contributed by atoms with E-state index in [9.17, 15) is 9.59 Å². The normalized spacial score (nSPS) is 12.9. The number of carbonyl (C=O) groups excluding carboxylic acids is 2. The summed E-state index contributed by atoms with van der Waals surface area (Å²) in [4.78, 5) is 25.6. The number of nitrogens with one attached hydrogen (secondary N) is 1. The first-order chi connectivity index (χ1) is 14.0. The molecule has 1 heterocycles. The molecular formula is C24H27N2O2S+. The summed E-state index contributed by atoms with van der Waals surface area (Å²) in [7, 11) is 0. The van der Waals surface area contributed by atoms with Gasteiger partial charge in [0, 0.05) is 16.8 Å². The van der Waals surface area contributed by atoms with E-state index < -0.39 is 0 Å². The summed E-state index contributed by atoms with van der Waals surface area (Å²) in [6, 6.07) is 19.6. The minimum Gasteiger partial charge on any atom is -0.326 e. The molecule has 0 spiro atoms. The highest BCUT2D eigenvalue weighted by molar-refractivity contribution is 7.10. The van der Waals surface area contributed by atoms with Crippen molar-refractivity contribution in [1.29, 1.82) is 0 Å². The molecule has 3 rings (SSSR count). The first-order valence-corrected chi connectivity index (χ1v) is 10.7. The molecule has 3 N–H and O–H groups in total. The molecule has 0 saturated carbocycles. The van der Waals surface area contributed by atoms with Crippen LogP contribution in [0.1, 0.15) is 53.2 Å². The summed E-state index contributed by atoms with van der Waals surface area (Å²) in [5, 5.41) is 7.10. The van der Waals surface area contributed by atoms with Gasteiger partial charge in [-0.25, -0.2) is 0 Å². The Morgan fingerprint density at radius 2 is 1.83 bits per heavy atom. The summed E-state index contributed by atoms with van der Waals surface area (Å²) in [6.45, 7) is 5.57.